The lowest BCUT2D eigenvalue weighted by Crippen LogP contribution is -1.97. The summed E-state index contributed by atoms with van der Waals surface area (Å²) in [7, 11) is 0. The van der Waals surface area contributed by atoms with Gasteiger partial charge in [-0.3, -0.25) is 0 Å². The molecule has 0 bridgehead atoms. The summed E-state index contributed by atoms with van der Waals surface area (Å²) in [5.74, 6) is 1.39. The lowest BCUT2D eigenvalue weighted by atomic mass is 10.2. The van der Waals surface area contributed by atoms with Crippen molar-refractivity contribution in [3.05, 3.63) is 76.7 Å². The van der Waals surface area contributed by atoms with Crippen LogP contribution in [0.25, 0.3) is 0 Å². The number of aryl methyl sites for hydroxylation is 1. The summed E-state index contributed by atoms with van der Waals surface area (Å²) in [4.78, 5) is 8.96. The second kappa shape index (κ2) is 8.32. The standard InChI is InChI=1S/C19H16ClFN2OS/c1-2-16-11-18(24-17-8-6-15(21)7-9-17)23-19(22-16)25-12-13-4-3-5-14(20)10-13/h3-11H,2,12H2,1H3. The van der Waals surface area contributed by atoms with Crippen LogP contribution in [0.1, 0.15) is 18.2 Å². The third-order valence-corrected chi connectivity index (χ3v) is 4.54. The minimum absolute atomic E-state index is 0.304. The van der Waals surface area contributed by atoms with Gasteiger partial charge in [-0.15, -0.1) is 0 Å². The molecule has 1 aromatic heterocycles. The maximum atomic E-state index is 13.0. The summed E-state index contributed by atoms with van der Waals surface area (Å²) in [6, 6.07) is 15.4. The molecule has 0 unspecified atom stereocenters. The highest BCUT2D eigenvalue weighted by molar-refractivity contribution is 7.98. The topological polar surface area (TPSA) is 35.0 Å². The zero-order valence-electron chi connectivity index (χ0n) is 13.6. The molecule has 0 saturated carbocycles. The normalized spacial score (nSPS) is 10.7. The molecule has 0 spiro atoms. The molecule has 0 saturated heterocycles. The SMILES string of the molecule is CCc1cc(Oc2ccc(F)cc2)nc(SCc2cccc(Cl)c2)n1. The zero-order chi connectivity index (χ0) is 17.6. The van der Waals surface area contributed by atoms with Gasteiger partial charge in [0.15, 0.2) is 5.16 Å². The highest BCUT2D eigenvalue weighted by Gasteiger charge is 2.08. The summed E-state index contributed by atoms with van der Waals surface area (Å²) in [6.45, 7) is 2.02. The number of rotatable bonds is 6. The van der Waals surface area contributed by atoms with Gasteiger partial charge in [-0.1, -0.05) is 42.4 Å². The first-order valence-electron chi connectivity index (χ1n) is 7.81. The van der Waals surface area contributed by atoms with Crippen LogP contribution in [0.5, 0.6) is 11.6 Å². The molecule has 2 aromatic carbocycles. The van der Waals surface area contributed by atoms with Crippen LogP contribution in [0, 0.1) is 5.82 Å². The van der Waals surface area contributed by atoms with Crippen LogP contribution in [0.15, 0.2) is 59.8 Å². The van der Waals surface area contributed by atoms with E-state index >= 15 is 0 Å². The monoisotopic (exact) mass is 374 g/mol. The van der Waals surface area contributed by atoms with Crippen LogP contribution in [-0.2, 0) is 12.2 Å². The number of ether oxygens (including phenoxy) is 1. The van der Waals surface area contributed by atoms with Gasteiger partial charge in [0.1, 0.15) is 11.6 Å². The first kappa shape index (κ1) is 17.7. The number of hydrogen-bond acceptors (Lipinski definition) is 4. The maximum Gasteiger partial charge on any atom is 0.223 e. The van der Waals surface area contributed by atoms with E-state index in [0.717, 1.165) is 17.7 Å². The average molecular weight is 375 g/mol. The maximum absolute atomic E-state index is 13.0. The minimum atomic E-state index is -0.304. The summed E-state index contributed by atoms with van der Waals surface area (Å²) in [5, 5.41) is 1.35. The first-order valence-corrected chi connectivity index (χ1v) is 9.17. The van der Waals surface area contributed by atoms with E-state index in [-0.39, 0.29) is 5.82 Å². The van der Waals surface area contributed by atoms with Crippen molar-refractivity contribution in [3.63, 3.8) is 0 Å². The number of benzene rings is 2. The smallest absolute Gasteiger partial charge is 0.223 e. The first-order chi connectivity index (χ1) is 12.1. The Labute approximate surface area is 155 Å². The van der Waals surface area contributed by atoms with Gasteiger partial charge in [-0.25, -0.2) is 9.37 Å². The van der Waals surface area contributed by atoms with Crippen LogP contribution >= 0.6 is 23.4 Å². The molecule has 3 rings (SSSR count). The van der Waals surface area contributed by atoms with Crippen LogP contribution < -0.4 is 4.74 Å². The summed E-state index contributed by atoms with van der Waals surface area (Å²) in [6.07, 6.45) is 0.771. The van der Waals surface area contributed by atoms with Crippen molar-refractivity contribution in [1.82, 2.24) is 9.97 Å². The van der Waals surface area contributed by atoms with Crippen LogP contribution in [0.4, 0.5) is 4.39 Å². The molecule has 0 fully saturated rings. The molecule has 3 aromatic rings. The van der Waals surface area contributed by atoms with Crippen molar-refractivity contribution in [2.45, 2.75) is 24.3 Å². The number of halogens is 2. The van der Waals surface area contributed by atoms with Crippen molar-refractivity contribution in [1.29, 1.82) is 0 Å². The third-order valence-electron chi connectivity index (χ3n) is 3.39. The Hall–Kier alpha value is -2.11. The summed E-state index contributed by atoms with van der Waals surface area (Å²) < 4.78 is 18.7. The van der Waals surface area contributed by atoms with E-state index in [1.54, 1.807) is 18.2 Å². The van der Waals surface area contributed by atoms with Gasteiger partial charge in [-0.2, -0.15) is 4.98 Å². The molecule has 0 aliphatic heterocycles. The van der Waals surface area contributed by atoms with Crippen molar-refractivity contribution in [2.24, 2.45) is 0 Å². The number of aromatic nitrogens is 2. The fourth-order valence-electron chi connectivity index (χ4n) is 2.15. The van der Waals surface area contributed by atoms with Crippen LogP contribution in [0.2, 0.25) is 5.02 Å². The Morgan fingerprint density at radius 3 is 2.60 bits per heavy atom. The van der Waals surface area contributed by atoms with E-state index in [0.29, 0.717) is 27.6 Å². The van der Waals surface area contributed by atoms with Crippen molar-refractivity contribution in [3.8, 4) is 11.6 Å². The van der Waals surface area contributed by atoms with Gasteiger partial charge in [-0.05, 0) is 48.4 Å². The van der Waals surface area contributed by atoms with Gasteiger partial charge in [0.05, 0.1) is 0 Å². The molecule has 0 aliphatic rings. The molecular formula is C19H16ClFN2OS. The van der Waals surface area contributed by atoms with Gasteiger partial charge in [0.25, 0.3) is 0 Å². The Morgan fingerprint density at radius 2 is 1.88 bits per heavy atom. The Kier molecular flexibility index (Phi) is 5.89. The van der Waals surface area contributed by atoms with Crippen LogP contribution in [-0.4, -0.2) is 9.97 Å². The van der Waals surface area contributed by atoms with Gasteiger partial charge in [0.2, 0.25) is 5.88 Å². The molecule has 0 N–H and O–H groups in total. The second-order valence-electron chi connectivity index (χ2n) is 5.31. The fraction of sp³-hybridized carbons (Fsp3) is 0.158. The molecule has 6 heteroatoms. The number of hydrogen-bond donors (Lipinski definition) is 0. The number of thioether (sulfide) groups is 1. The molecular weight excluding hydrogens is 359 g/mol. The molecule has 128 valence electrons. The molecule has 0 atom stereocenters. The van der Waals surface area contributed by atoms with Gasteiger partial charge in [0, 0.05) is 22.5 Å². The predicted molar refractivity (Wildman–Crippen MR) is 98.9 cm³/mol. The molecule has 25 heavy (non-hydrogen) atoms. The predicted octanol–water partition coefficient (Wildman–Crippen LogP) is 5.92. The van der Waals surface area contributed by atoms with E-state index in [2.05, 4.69) is 9.97 Å². The lowest BCUT2D eigenvalue weighted by molar-refractivity contribution is 0.452. The van der Waals surface area contributed by atoms with E-state index in [9.17, 15) is 4.39 Å². The fourth-order valence-corrected chi connectivity index (χ4v) is 3.17. The van der Waals surface area contributed by atoms with Gasteiger partial charge >= 0.3 is 0 Å². The van der Waals surface area contributed by atoms with E-state index in [1.807, 2.05) is 31.2 Å². The van der Waals surface area contributed by atoms with Crippen molar-refractivity contribution >= 4 is 23.4 Å². The second-order valence-corrected chi connectivity index (χ2v) is 6.69. The molecule has 0 amide bonds. The average Bonchev–Trinajstić information content (AvgIpc) is 2.62. The van der Waals surface area contributed by atoms with Crippen LogP contribution in [0.3, 0.4) is 0 Å². The molecule has 0 aliphatic carbocycles. The van der Waals surface area contributed by atoms with Crippen molar-refractivity contribution < 1.29 is 9.13 Å². The lowest BCUT2D eigenvalue weighted by Gasteiger charge is -2.08. The zero-order valence-corrected chi connectivity index (χ0v) is 15.1. The van der Waals surface area contributed by atoms with E-state index in [1.165, 1.54) is 23.9 Å². The Bertz CT molecular complexity index is 858. The number of nitrogens with zero attached hydrogens (tertiary/aromatic N) is 2. The Morgan fingerprint density at radius 1 is 1.08 bits per heavy atom. The highest BCUT2D eigenvalue weighted by Crippen LogP contribution is 2.26. The highest BCUT2D eigenvalue weighted by atomic mass is 35.5. The third kappa shape index (κ3) is 5.18. The molecule has 0 radical (unpaired) electrons. The molecule has 1 heterocycles. The van der Waals surface area contributed by atoms with E-state index in [4.69, 9.17) is 16.3 Å². The summed E-state index contributed by atoms with van der Waals surface area (Å²) >= 11 is 7.53. The summed E-state index contributed by atoms with van der Waals surface area (Å²) in [5.41, 5.74) is 1.99. The largest absolute Gasteiger partial charge is 0.439 e. The van der Waals surface area contributed by atoms with Gasteiger partial charge < -0.3 is 4.74 Å². The quantitative estimate of drug-likeness (QED) is 0.396. The van der Waals surface area contributed by atoms with Crippen molar-refractivity contribution in [2.75, 3.05) is 0 Å². The minimum Gasteiger partial charge on any atom is -0.439 e. The van der Waals surface area contributed by atoms with E-state index < -0.39 is 0 Å². The molecule has 3 nitrogen and oxygen atoms in total. The Balaban J connectivity index is 1.76.